The van der Waals surface area contributed by atoms with E-state index in [-0.39, 0.29) is 5.91 Å². The molecule has 3 nitrogen and oxygen atoms in total. The first-order valence-electron chi connectivity index (χ1n) is 4.13. The van der Waals surface area contributed by atoms with Crippen LogP contribution in [0.4, 0.5) is 5.00 Å². The highest BCUT2D eigenvalue weighted by Crippen LogP contribution is 2.35. The van der Waals surface area contributed by atoms with Crippen molar-refractivity contribution in [2.24, 2.45) is 0 Å². The minimum Gasteiger partial charge on any atom is -0.317 e. The van der Waals surface area contributed by atoms with E-state index in [2.05, 4.69) is 5.32 Å². The van der Waals surface area contributed by atoms with Crippen LogP contribution in [0.3, 0.4) is 0 Å². The fraction of sp³-hybridized carbons (Fsp3) is 0.333. The van der Waals surface area contributed by atoms with Crippen molar-refractivity contribution in [3.05, 3.63) is 10.9 Å². The molecular formula is C9H10N2OS2. The SMILES string of the molecule is CCc1cc(SC#N)c(NC(C)=O)s1. The van der Waals surface area contributed by atoms with Gasteiger partial charge in [-0.25, -0.2) is 0 Å². The Kier molecular flexibility index (Phi) is 3.98. The third-order valence-corrected chi connectivity index (χ3v) is 3.50. The van der Waals surface area contributed by atoms with Gasteiger partial charge in [-0.3, -0.25) is 4.79 Å². The van der Waals surface area contributed by atoms with Crippen LogP contribution in [0.15, 0.2) is 11.0 Å². The fourth-order valence-electron chi connectivity index (χ4n) is 0.969. The number of nitrogens with zero attached hydrogens (tertiary/aromatic N) is 1. The first-order valence-corrected chi connectivity index (χ1v) is 5.77. The molecule has 1 amide bonds. The topological polar surface area (TPSA) is 52.9 Å². The highest BCUT2D eigenvalue weighted by Gasteiger charge is 2.09. The van der Waals surface area contributed by atoms with Crippen molar-refractivity contribution in [3.8, 4) is 5.40 Å². The zero-order chi connectivity index (χ0) is 10.6. The van der Waals surface area contributed by atoms with Crippen LogP contribution in [-0.4, -0.2) is 5.91 Å². The molecule has 0 saturated heterocycles. The summed E-state index contributed by atoms with van der Waals surface area (Å²) in [6.45, 7) is 3.51. The van der Waals surface area contributed by atoms with Crippen molar-refractivity contribution in [2.75, 3.05) is 5.32 Å². The average molecular weight is 226 g/mol. The minimum absolute atomic E-state index is 0.103. The first-order chi connectivity index (χ1) is 6.67. The number of anilines is 1. The molecular weight excluding hydrogens is 216 g/mol. The van der Waals surface area contributed by atoms with E-state index in [1.807, 2.05) is 18.4 Å². The van der Waals surface area contributed by atoms with E-state index in [1.54, 1.807) is 0 Å². The summed E-state index contributed by atoms with van der Waals surface area (Å²) in [6.07, 6.45) is 0.920. The minimum atomic E-state index is -0.103. The maximum absolute atomic E-state index is 10.9. The molecule has 1 heterocycles. The summed E-state index contributed by atoms with van der Waals surface area (Å²) in [5.74, 6) is -0.103. The summed E-state index contributed by atoms with van der Waals surface area (Å²) >= 11 is 2.61. The Morgan fingerprint density at radius 3 is 3.00 bits per heavy atom. The number of hydrogen-bond acceptors (Lipinski definition) is 4. The van der Waals surface area contributed by atoms with Crippen molar-refractivity contribution in [2.45, 2.75) is 25.2 Å². The lowest BCUT2D eigenvalue weighted by atomic mass is 10.4. The molecule has 0 fully saturated rings. The number of nitriles is 1. The lowest BCUT2D eigenvalue weighted by molar-refractivity contribution is -0.114. The van der Waals surface area contributed by atoms with Crippen LogP contribution in [0.25, 0.3) is 0 Å². The quantitative estimate of drug-likeness (QED) is 0.637. The third kappa shape index (κ3) is 2.76. The molecule has 0 radical (unpaired) electrons. The Labute approximate surface area is 91.1 Å². The predicted molar refractivity (Wildman–Crippen MR) is 59.5 cm³/mol. The first kappa shape index (κ1) is 11.1. The van der Waals surface area contributed by atoms with Gasteiger partial charge in [0.05, 0.1) is 4.90 Å². The summed E-state index contributed by atoms with van der Waals surface area (Å²) in [5, 5.41) is 14.1. The Bertz CT molecular complexity index is 379. The van der Waals surface area contributed by atoms with Crippen molar-refractivity contribution < 1.29 is 4.79 Å². The molecule has 0 atom stereocenters. The van der Waals surface area contributed by atoms with Crippen LogP contribution in [0, 0.1) is 10.7 Å². The molecule has 1 aromatic heterocycles. The maximum Gasteiger partial charge on any atom is 0.221 e. The fourth-order valence-corrected chi connectivity index (χ4v) is 2.67. The summed E-state index contributed by atoms with van der Waals surface area (Å²) in [4.78, 5) is 12.9. The van der Waals surface area contributed by atoms with Gasteiger partial charge in [-0.15, -0.1) is 11.3 Å². The van der Waals surface area contributed by atoms with E-state index in [9.17, 15) is 4.79 Å². The van der Waals surface area contributed by atoms with Crippen molar-refractivity contribution in [3.63, 3.8) is 0 Å². The molecule has 0 saturated carbocycles. The molecule has 1 N–H and O–H groups in total. The van der Waals surface area contributed by atoms with Crippen LogP contribution >= 0.6 is 23.1 Å². The number of carbonyl (C=O) groups excluding carboxylic acids is 1. The second kappa shape index (κ2) is 5.03. The standard InChI is InChI=1S/C9H10N2OS2/c1-3-7-4-8(13-5-10)9(14-7)11-6(2)12/h4H,3H2,1-2H3,(H,11,12). The Balaban J connectivity index is 2.94. The number of thiocyanates is 1. The van der Waals surface area contributed by atoms with Crippen molar-refractivity contribution in [1.82, 2.24) is 0 Å². The molecule has 0 bridgehead atoms. The predicted octanol–water partition coefficient (Wildman–Crippen LogP) is 2.84. The van der Waals surface area contributed by atoms with Gasteiger partial charge in [0.25, 0.3) is 0 Å². The smallest absolute Gasteiger partial charge is 0.221 e. The van der Waals surface area contributed by atoms with Crippen LogP contribution in [0.5, 0.6) is 0 Å². The lowest BCUT2D eigenvalue weighted by Crippen LogP contribution is -2.04. The van der Waals surface area contributed by atoms with Gasteiger partial charge in [0.1, 0.15) is 10.4 Å². The number of thioether (sulfide) groups is 1. The Hall–Kier alpha value is -0.990. The number of rotatable bonds is 3. The number of amides is 1. The average Bonchev–Trinajstić information content (AvgIpc) is 2.48. The second-order valence-corrected chi connectivity index (χ2v) is 4.60. The molecule has 5 heteroatoms. The zero-order valence-electron chi connectivity index (χ0n) is 7.96. The zero-order valence-corrected chi connectivity index (χ0v) is 9.59. The van der Waals surface area contributed by atoms with Gasteiger partial charge in [-0.1, -0.05) is 6.92 Å². The van der Waals surface area contributed by atoms with E-state index in [4.69, 9.17) is 5.26 Å². The van der Waals surface area contributed by atoms with Gasteiger partial charge in [-0.2, -0.15) is 5.26 Å². The van der Waals surface area contributed by atoms with Crippen molar-refractivity contribution >= 4 is 34.0 Å². The number of nitrogens with one attached hydrogen (secondary N) is 1. The molecule has 1 aromatic rings. The van der Waals surface area contributed by atoms with Crippen molar-refractivity contribution in [1.29, 1.82) is 5.26 Å². The molecule has 74 valence electrons. The highest BCUT2D eigenvalue weighted by atomic mass is 32.2. The molecule has 0 aliphatic rings. The normalized spacial score (nSPS) is 9.50. The van der Waals surface area contributed by atoms with Gasteiger partial charge in [-0.05, 0) is 24.2 Å². The second-order valence-electron chi connectivity index (χ2n) is 2.63. The Morgan fingerprint density at radius 1 is 1.79 bits per heavy atom. The van der Waals surface area contributed by atoms with Crippen LogP contribution in [0.2, 0.25) is 0 Å². The number of hydrogen-bond donors (Lipinski definition) is 1. The van der Waals surface area contributed by atoms with Crippen LogP contribution in [-0.2, 0) is 11.2 Å². The number of aryl methyl sites for hydroxylation is 1. The van der Waals surface area contributed by atoms with E-state index < -0.39 is 0 Å². The summed E-state index contributed by atoms with van der Waals surface area (Å²) in [6, 6.07) is 1.95. The number of carbonyl (C=O) groups is 1. The largest absolute Gasteiger partial charge is 0.317 e. The molecule has 0 aromatic carbocycles. The monoisotopic (exact) mass is 226 g/mol. The van der Waals surface area contributed by atoms with Gasteiger partial charge < -0.3 is 5.32 Å². The third-order valence-electron chi connectivity index (χ3n) is 1.54. The summed E-state index contributed by atoms with van der Waals surface area (Å²) in [5.41, 5.74) is 0. The molecule has 0 unspecified atom stereocenters. The van der Waals surface area contributed by atoms with Crippen LogP contribution < -0.4 is 5.32 Å². The molecule has 14 heavy (non-hydrogen) atoms. The molecule has 0 aliphatic carbocycles. The molecule has 0 spiro atoms. The van der Waals surface area contributed by atoms with E-state index in [1.165, 1.54) is 23.1 Å². The van der Waals surface area contributed by atoms with Crippen LogP contribution in [0.1, 0.15) is 18.7 Å². The summed E-state index contributed by atoms with van der Waals surface area (Å²) < 4.78 is 0. The van der Waals surface area contributed by atoms with E-state index >= 15 is 0 Å². The van der Waals surface area contributed by atoms with Gasteiger partial charge in [0.15, 0.2) is 0 Å². The van der Waals surface area contributed by atoms with Gasteiger partial charge in [0.2, 0.25) is 5.91 Å². The van der Waals surface area contributed by atoms with Gasteiger partial charge in [0, 0.05) is 11.8 Å². The Morgan fingerprint density at radius 2 is 2.50 bits per heavy atom. The van der Waals surface area contributed by atoms with E-state index in [0.717, 1.165) is 28.1 Å². The number of thiophene rings is 1. The summed E-state index contributed by atoms with van der Waals surface area (Å²) in [7, 11) is 0. The molecule has 1 rings (SSSR count). The van der Waals surface area contributed by atoms with E-state index in [0.29, 0.717) is 0 Å². The maximum atomic E-state index is 10.9. The van der Waals surface area contributed by atoms with Gasteiger partial charge >= 0.3 is 0 Å². The lowest BCUT2D eigenvalue weighted by Gasteiger charge is -1.98. The highest BCUT2D eigenvalue weighted by molar-refractivity contribution is 8.04. The molecule has 0 aliphatic heterocycles.